The Kier molecular flexibility index (Phi) is 15.9. The molecule has 1 N–H and O–H groups in total. The van der Waals surface area contributed by atoms with Crippen LogP contribution in [0.1, 0.15) is 52.5 Å². The van der Waals surface area contributed by atoms with Gasteiger partial charge in [0.15, 0.2) is 0 Å². The summed E-state index contributed by atoms with van der Waals surface area (Å²) in [4.78, 5) is 68.4. The van der Waals surface area contributed by atoms with Crippen LogP contribution in [0.3, 0.4) is 0 Å². The normalized spacial score (nSPS) is 12.9. The van der Waals surface area contributed by atoms with Gasteiger partial charge in [0.05, 0.1) is 19.8 Å². The Labute approximate surface area is 235 Å². The molecule has 13 nitrogen and oxygen atoms in total. The van der Waals surface area contributed by atoms with Crippen LogP contribution in [0, 0.1) is 16.0 Å². The Morgan fingerprint density at radius 2 is 1.65 bits per heavy atom. The van der Waals surface area contributed by atoms with Crippen molar-refractivity contribution in [3.8, 4) is 0 Å². The summed E-state index contributed by atoms with van der Waals surface area (Å²) >= 11 is 0. The average Bonchev–Trinajstić information content (AvgIpc) is 2.94. The summed E-state index contributed by atoms with van der Waals surface area (Å²) in [5.74, 6) is -2.59. The maximum Gasteiger partial charge on any atom is 0.329 e. The van der Waals surface area contributed by atoms with E-state index in [2.05, 4.69) is 10.2 Å². The van der Waals surface area contributed by atoms with E-state index < -0.39 is 47.0 Å². The molecule has 0 bridgehead atoms. The largest absolute Gasteiger partial charge is 0.465 e. The van der Waals surface area contributed by atoms with Crippen LogP contribution >= 0.6 is 0 Å². The molecule has 3 atom stereocenters. The molecule has 224 valence electrons. The summed E-state index contributed by atoms with van der Waals surface area (Å²) in [5.41, 5.74) is 1.06. The molecule has 0 spiro atoms. The highest BCUT2D eigenvalue weighted by Gasteiger charge is 2.36. The SMILES string of the molecule is CCOC(=O)C(CCc1ccccc1)NCC(C)C(=O)N(C(=O)N(C)CC)C(C)C(=O)OCCCCO[N+](=O)[O-]. The highest BCUT2D eigenvalue weighted by molar-refractivity contribution is 5.99. The molecule has 0 radical (unpaired) electrons. The molecule has 0 aliphatic carbocycles. The number of benzene rings is 1. The minimum absolute atomic E-state index is 0.0518. The van der Waals surface area contributed by atoms with Crippen molar-refractivity contribution in [2.45, 2.75) is 65.5 Å². The Bertz CT molecular complexity index is 961. The van der Waals surface area contributed by atoms with Gasteiger partial charge in [0.2, 0.25) is 5.91 Å². The second-order valence-corrected chi connectivity index (χ2v) is 9.25. The Morgan fingerprint density at radius 3 is 2.25 bits per heavy atom. The van der Waals surface area contributed by atoms with Gasteiger partial charge >= 0.3 is 18.0 Å². The highest BCUT2D eigenvalue weighted by atomic mass is 16.9. The van der Waals surface area contributed by atoms with E-state index in [0.29, 0.717) is 25.8 Å². The lowest BCUT2D eigenvalue weighted by atomic mass is 10.0. The lowest BCUT2D eigenvalue weighted by molar-refractivity contribution is -0.757. The van der Waals surface area contributed by atoms with Crippen LogP contribution in [0.4, 0.5) is 4.79 Å². The second-order valence-electron chi connectivity index (χ2n) is 9.25. The fourth-order valence-corrected chi connectivity index (χ4v) is 3.66. The Hall–Kier alpha value is -3.74. The summed E-state index contributed by atoms with van der Waals surface area (Å²) < 4.78 is 10.4. The molecule has 1 aromatic rings. The van der Waals surface area contributed by atoms with Crippen LogP contribution in [0.15, 0.2) is 30.3 Å². The minimum atomic E-state index is -1.22. The molecular formula is C27H42N4O9. The molecule has 0 aliphatic rings. The van der Waals surface area contributed by atoms with Gasteiger partial charge in [-0.25, -0.2) is 14.5 Å². The number of hydrogen-bond donors (Lipinski definition) is 1. The monoisotopic (exact) mass is 566 g/mol. The number of esters is 2. The molecular weight excluding hydrogens is 524 g/mol. The number of unbranched alkanes of at least 4 members (excludes halogenated alkanes) is 1. The standard InChI is InChI=1S/C27H42N4O9/c1-6-29(5)27(35)30(21(4)25(33)39-17-11-12-18-40-31(36)37)24(32)20(3)19-28-23(26(34)38-7-2)16-15-22-13-9-8-10-14-22/h8-10,13-14,20-21,23,28H,6-7,11-12,15-19H2,1-5H3. The van der Waals surface area contributed by atoms with Crippen molar-refractivity contribution in [2.75, 3.05) is 40.0 Å². The molecule has 0 aliphatic heterocycles. The highest BCUT2D eigenvalue weighted by Crippen LogP contribution is 2.14. The molecule has 13 heteroatoms. The topological polar surface area (TPSA) is 158 Å². The average molecular weight is 567 g/mol. The lowest BCUT2D eigenvalue weighted by Gasteiger charge is -2.32. The summed E-state index contributed by atoms with van der Waals surface area (Å²) in [6, 6.07) is 7.12. The van der Waals surface area contributed by atoms with Crippen molar-refractivity contribution in [2.24, 2.45) is 5.92 Å². The smallest absolute Gasteiger partial charge is 0.329 e. The quantitative estimate of drug-likeness (QED) is 0.121. The molecule has 3 unspecified atom stereocenters. The van der Waals surface area contributed by atoms with Crippen molar-refractivity contribution in [1.29, 1.82) is 0 Å². The van der Waals surface area contributed by atoms with Crippen LogP contribution in [0.25, 0.3) is 0 Å². The first-order chi connectivity index (χ1) is 19.0. The van der Waals surface area contributed by atoms with E-state index in [1.54, 1.807) is 20.8 Å². The molecule has 3 amide bonds. The summed E-state index contributed by atoms with van der Waals surface area (Å²) in [7, 11) is 1.51. The fourth-order valence-electron chi connectivity index (χ4n) is 3.66. The minimum Gasteiger partial charge on any atom is -0.465 e. The molecule has 0 saturated heterocycles. The van der Waals surface area contributed by atoms with Gasteiger partial charge in [-0.1, -0.05) is 37.3 Å². The van der Waals surface area contributed by atoms with Gasteiger partial charge in [-0.05, 0) is 52.0 Å². The van der Waals surface area contributed by atoms with E-state index in [1.165, 1.54) is 18.9 Å². The maximum absolute atomic E-state index is 13.5. The predicted molar refractivity (Wildman–Crippen MR) is 145 cm³/mol. The number of nitrogens with one attached hydrogen (secondary N) is 1. The predicted octanol–water partition coefficient (Wildman–Crippen LogP) is 2.60. The molecule has 0 fully saturated rings. The third kappa shape index (κ3) is 12.0. The fraction of sp³-hybridized carbons (Fsp3) is 0.630. The van der Waals surface area contributed by atoms with Gasteiger partial charge in [0, 0.05) is 26.1 Å². The van der Waals surface area contributed by atoms with Crippen molar-refractivity contribution in [3.63, 3.8) is 0 Å². The lowest BCUT2D eigenvalue weighted by Crippen LogP contribution is -2.55. The number of rotatable bonds is 18. The number of carbonyl (C=O) groups is 4. The van der Waals surface area contributed by atoms with Crippen LogP contribution in [0.5, 0.6) is 0 Å². The van der Waals surface area contributed by atoms with Gasteiger partial charge in [0.1, 0.15) is 12.1 Å². The van der Waals surface area contributed by atoms with Gasteiger partial charge in [-0.3, -0.25) is 9.59 Å². The first-order valence-corrected chi connectivity index (χ1v) is 13.5. The summed E-state index contributed by atoms with van der Waals surface area (Å²) in [5, 5.41) is 12.4. The number of hydrogen-bond acceptors (Lipinski definition) is 10. The van der Waals surface area contributed by atoms with E-state index in [1.807, 2.05) is 30.3 Å². The Balaban J connectivity index is 2.87. The zero-order valence-corrected chi connectivity index (χ0v) is 24.0. The van der Waals surface area contributed by atoms with Crippen molar-refractivity contribution >= 4 is 23.9 Å². The first-order valence-electron chi connectivity index (χ1n) is 13.5. The van der Waals surface area contributed by atoms with Crippen molar-refractivity contribution < 1.29 is 38.6 Å². The first kappa shape index (κ1) is 34.3. The second kappa shape index (κ2) is 18.5. The number of amides is 3. The number of nitrogens with zero attached hydrogens (tertiary/aromatic N) is 3. The number of aryl methyl sites for hydroxylation is 1. The summed E-state index contributed by atoms with van der Waals surface area (Å²) in [6.07, 6.45) is 1.66. The zero-order valence-electron chi connectivity index (χ0n) is 24.0. The maximum atomic E-state index is 13.5. The third-order valence-corrected chi connectivity index (χ3v) is 6.18. The molecule has 1 aromatic carbocycles. The number of ether oxygens (including phenoxy) is 2. The van der Waals surface area contributed by atoms with Crippen LogP contribution in [-0.4, -0.2) is 90.8 Å². The van der Waals surface area contributed by atoms with E-state index in [-0.39, 0.29) is 32.8 Å². The van der Waals surface area contributed by atoms with E-state index in [4.69, 9.17) is 9.47 Å². The van der Waals surface area contributed by atoms with E-state index in [0.717, 1.165) is 10.5 Å². The molecule has 0 saturated carbocycles. The Morgan fingerprint density at radius 1 is 1.00 bits per heavy atom. The van der Waals surface area contributed by atoms with Crippen molar-refractivity contribution in [1.82, 2.24) is 15.1 Å². The van der Waals surface area contributed by atoms with Gasteiger partial charge in [-0.2, -0.15) is 0 Å². The number of carbonyl (C=O) groups excluding carboxylic acids is 4. The van der Waals surface area contributed by atoms with Gasteiger partial charge in [0.25, 0.3) is 5.09 Å². The third-order valence-electron chi connectivity index (χ3n) is 6.18. The molecule has 1 rings (SSSR count). The molecule has 0 heterocycles. The number of urea groups is 1. The van der Waals surface area contributed by atoms with Crippen LogP contribution in [-0.2, 0) is 35.1 Å². The summed E-state index contributed by atoms with van der Waals surface area (Å²) in [6.45, 7) is 6.85. The van der Waals surface area contributed by atoms with E-state index in [9.17, 15) is 29.3 Å². The van der Waals surface area contributed by atoms with Gasteiger partial charge < -0.3 is 24.5 Å². The van der Waals surface area contributed by atoms with E-state index >= 15 is 0 Å². The molecule has 0 aromatic heterocycles. The number of imide groups is 1. The van der Waals surface area contributed by atoms with Crippen LogP contribution in [0.2, 0.25) is 0 Å². The molecule has 40 heavy (non-hydrogen) atoms. The van der Waals surface area contributed by atoms with Crippen LogP contribution < -0.4 is 5.32 Å². The van der Waals surface area contributed by atoms with Crippen molar-refractivity contribution in [3.05, 3.63) is 46.0 Å². The zero-order chi connectivity index (χ0) is 30.1. The van der Waals surface area contributed by atoms with Gasteiger partial charge in [-0.15, -0.1) is 10.1 Å².